The van der Waals surface area contributed by atoms with Crippen LogP contribution in [0.3, 0.4) is 0 Å². The number of fused-ring (bicyclic) bond motifs is 1. The maximum atomic E-state index is 11.9. The van der Waals surface area contributed by atoms with Gasteiger partial charge in [0, 0.05) is 28.3 Å². The molecule has 0 bridgehead atoms. The number of thioether (sulfide) groups is 1. The molecule has 0 unspecified atom stereocenters. The Morgan fingerprint density at radius 1 is 1.19 bits per heavy atom. The van der Waals surface area contributed by atoms with Crippen LogP contribution in [0.15, 0.2) is 58.4 Å². The fourth-order valence-electron chi connectivity index (χ4n) is 3.31. The predicted octanol–water partition coefficient (Wildman–Crippen LogP) is 2.97. The fourth-order valence-corrected chi connectivity index (χ4v) is 4.24. The number of carbonyl (C=O) groups is 1. The highest BCUT2D eigenvalue weighted by Gasteiger charge is 2.29. The molecule has 27 heavy (non-hydrogen) atoms. The molecule has 0 aromatic heterocycles. The zero-order valence-electron chi connectivity index (χ0n) is 15.4. The molecule has 1 aliphatic carbocycles. The molecule has 1 N–H and O–H groups in total. The summed E-state index contributed by atoms with van der Waals surface area (Å²) in [7, 11) is 0. The molecule has 4 rings (SSSR count). The zero-order chi connectivity index (χ0) is 18.5. The van der Waals surface area contributed by atoms with Crippen LogP contribution in [0.5, 0.6) is 0 Å². The smallest absolute Gasteiger partial charge is 0.223 e. The van der Waals surface area contributed by atoms with E-state index in [1.807, 2.05) is 17.8 Å². The highest BCUT2D eigenvalue weighted by atomic mass is 32.2. The second-order valence-corrected chi connectivity index (χ2v) is 8.02. The second kappa shape index (κ2) is 8.57. The molecule has 2 aromatic rings. The Kier molecular flexibility index (Phi) is 5.73. The molecule has 1 amide bonds. The lowest BCUT2D eigenvalue weighted by Gasteiger charge is -2.10. The van der Waals surface area contributed by atoms with Crippen molar-refractivity contribution in [1.82, 2.24) is 5.32 Å². The largest absolute Gasteiger partial charge is 0.356 e. The van der Waals surface area contributed by atoms with E-state index in [-0.39, 0.29) is 11.8 Å². The summed E-state index contributed by atoms with van der Waals surface area (Å²) >= 11 is 1.85. The van der Waals surface area contributed by atoms with Gasteiger partial charge in [-0.3, -0.25) is 9.79 Å². The molecular weight excluding hydrogens is 352 g/mol. The maximum Gasteiger partial charge on any atom is 0.223 e. The van der Waals surface area contributed by atoms with Gasteiger partial charge in [0.1, 0.15) is 0 Å². The Bertz CT molecular complexity index is 962. The SMILES string of the molecule is O=C(NCCc1c(SCC=Cc2ccccc2)ccc2c1=CCN=2)C1CC1. The third kappa shape index (κ3) is 4.69. The Labute approximate surface area is 164 Å². The van der Waals surface area contributed by atoms with Crippen LogP contribution in [0.25, 0.3) is 12.2 Å². The average molecular weight is 377 g/mol. The van der Waals surface area contributed by atoms with Crippen molar-refractivity contribution in [2.45, 2.75) is 24.2 Å². The number of hydrogen-bond acceptors (Lipinski definition) is 3. The first-order chi connectivity index (χ1) is 13.3. The van der Waals surface area contributed by atoms with Crippen LogP contribution in [0.2, 0.25) is 0 Å². The first kappa shape index (κ1) is 18.1. The minimum atomic E-state index is 0.219. The van der Waals surface area contributed by atoms with E-state index in [1.165, 1.54) is 21.2 Å². The van der Waals surface area contributed by atoms with E-state index in [1.54, 1.807) is 0 Å². The van der Waals surface area contributed by atoms with Crippen molar-refractivity contribution in [3.63, 3.8) is 0 Å². The van der Waals surface area contributed by atoms with Crippen LogP contribution in [0.1, 0.15) is 24.0 Å². The van der Waals surface area contributed by atoms with Gasteiger partial charge < -0.3 is 5.32 Å². The highest BCUT2D eigenvalue weighted by Crippen LogP contribution is 2.28. The summed E-state index contributed by atoms with van der Waals surface area (Å²) < 4.78 is 0. The van der Waals surface area contributed by atoms with Crippen molar-refractivity contribution in [2.75, 3.05) is 18.8 Å². The van der Waals surface area contributed by atoms with Crippen molar-refractivity contribution in [3.05, 3.63) is 70.2 Å². The molecule has 1 saturated carbocycles. The van der Waals surface area contributed by atoms with Crippen LogP contribution >= 0.6 is 11.8 Å². The average Bonchev–Trinajstić information content (AvgIpc) is 3.44. The number of rotatable bonds is 8. The van der Waals surface area contributed by atoms with Gasteiger partial charge in [-0.1, -0.05) is 48.6 Å². The molecule has 0 spiro atoms. The summed E-state index contributed by atoms with van der Waals surface area (Å²) in [6.45, 7) is 1.46. The van der Waals surface area contributed by atoms with Crippen LogP contribution in [-0.2, 0) is 11.2 Å². The zero-order valence-corrected chi connectivity index (χ0v) is 16.2. The van der Waals surface area contributed by atoms with Gasteiger partial charge in [0.25, 0.3) is 0 Å². The standard InChI is InChI=1S/C23H24N2OS/c26-23(18-8-9-18)25-15-13-20-19-12-14-24-21(19)10-11-22(20)27-16-4-7-17-5-2-1-3-6-17/h1-7,10-12,18H,8-9,13-16H2,(H,25,26). The van der Waals surface area contributed by atoms with E-state index >= 15 is 0 Å². The predicted molar refractivity (Wildman–Crippen MR) is 112 cm³/mol. The van der Waals surface area contributed by atoms with Gasteiger partial charge in [0.15, 0.2) is 0 Å². The minimum Gasteiger partial charge on any atom is -0.356 e. The molecule has 1 aliphatic heterocycles. The number of carbonyl (C=O) groups excluding carboxylic acids is 1. The molecule has 1 fully saturated rings. The fraction of sp³-hybridized carbons (Fsp3) is 0.304. The van der Waals surface area contributed by atoms with Gasteiger partial charge in [-0.05, 0) is 42.5 Å². The minimum absolute atomic E-state index is 0.219. The lowest BCUT2D eigenvalue weighted by Crippen LogP contribution is -2.31. The lowest BCUT2D eigenvalue weighted by atomic mass is 10.1. The van der Waals surface area contributed by atoms with Gasteiger partial charge in [-0.2, -0.15) is 0 Å². The number of hydrogen-bond donors (Lipinski definition) is 1. The highest BCUT2D eigenvalue weighted by molar-refractivity contribution is 7.99. The maximum absolute atomic E-state index is 11.9. The Hall–Kier alpha value is -2.33. The summed E-state index contributed by atoms with van der Waals surface area (Å²) in [6, 6.07) is 14.7. The van der Waals surface area contributed by atoms with E-state index in [9.17, 15) is 4.79 Å². The van der Waals surface area contributed by atoms with Crippen molar-refractivity contribution in [1.29, 1.82) is 0 Å². The summed E-state index contributed by atoms with van der Waals surface area (Å²) in [6.07, 6.45) is 9.54. The van der Waals surface area contributed by atoms with E-state index in [0.29, 0.717) is 6.54 Å². The molecule has 138 valence electrons. The monoisotopic (exact) mass is 376 g/mol. The summed E-state index contributed by atoms with van der Waals surface area (Å²) in [5.41, 5.74) is 2.55. The van der Waals surface area contributed by atoms with Crippen LogP contribution < -0.4 is 15.9 Å². The third-order valence-corrected chi connectivity index (χ3v) is 5.97. The van der Waals surface area contributed by atoms with Crippen LogP contribution in [-0.4, -0.2) is 24.7 Å². The van der Waals surface area contributed by atoms with Crippen LogP contribution in [0.4, 0.5) is 0 Å². The first-order valence-electron chi connectivity index (χ1n) is 9.60. The molecule has 0 radical (unpaired) electrons. The van der Waals surface area contributed by atoms with Gasteiger partial charge in [-0.15, -0.1) is 11.8 Å². The number of amides is 1. The van der Waals surface area contributed by atoms with E-state index in [2.05, 4.69) is 64.9 Å². The van der Waals surface area contributed by atoms with Gasteiger partial charge >= 0.3 is 0 Å². The van der Waals surface area contributed by atoms with E-state index in [0.717, 1.165) is 36.9 Å². The van der Waals surface area contributed by atoms with Crippen LogP contribution in [0, 0.1) is 5.92 Å². The number of nitrogens with zero attached hydrogens (tertiary/aromatic N) is 1. The van der Waals surface area contributed by atoms with Crippen molar-refractivity contribution >= 4 is 29.8 Å². The Balaban J connectivity index is 1.43. The van der Waals surface area contributed by atoms with Gasteiger partial charge in [0.05, 0.1) is 11.9 Å². The quantitative estimate of drug-likeness (QED) is 0.720. The first-order valence-corrected chi connectivity index (χ1v) is 10.6. The third-order valence-electron chi connectivity index (χ3n) is 4.92. The normalized spacial score (nSPS) is 15.3. The molecule has 4 heteroatoms. The molecule has 3 nitrogen and oxygen atoms in total. The Morgan fingerprint density at radius 2 is 2.04 bits per heavy atom. The summed E-state index contributed by atoms with van der Waals surface area (Å²) in [4.78, 5) is 17.8. The van der Waals surface area contributed by atoms with E-state index in [4.69, 9.17) is 0 Å². The van der Waals surface area contributed by atoms with Crippen molar-refractivity contribution in [3.8, 4) is 0 Å². The lowest BCUT2D eigenvalue weighted by molar-refractivity contribution is -0.122. The van der Waals surface area contributed by atoms with Gasteiger partial charge in [0.2, 0.25) is 5.91 Å². The molecule has 0 saturated heterocycles. The van der Waals surface area contributed by atoms with Crippen molar-refractivity contribution in [2.24, 2.45) is 10.9 Å². The number of benzene rings is 2. The molecule has 2 aromatic carbocycles. The van der Waals surface area contributed by atoms with Gasteiger partial charge in [-0.25, -0.2) is 0 Å². The second-order valence-electron chi connectivity index (χ2n) is 6.96. The number of nitrogens with one attached hydrogen (secondary N) is 1. The molecule has 0 atom stereocenters. The molecule has 2 aliphatic rings. The van der Waals surface area contributed by atoms with E-state index < -0.39 is 0 Å². The summed E-state index contributed by atoms with van der Waals surface area (Å²) in [5, 5.41) is 5.44. The molecule has 1 heterocycles. The Morgan fingerprint density at radius 3 is 2.85 bits per heavy atom. The molecular formula is C23H24N2OS. The topological polar surface area (TPSA) is 41.5 Å². The summed E-state index contributed by atoms with van der Waals surface area (Å²) in [5.74, 6) is 1.41. The van der Waals surface area contributed by atoms with Crippen molar-refractivity contribution < 1.29 is 4.79 Å².